The zero-order valence-corrected chi connectivity index (χ0v) is 10.9. The predicted molar refractivity (Wildman–Crippen MR) is 73.7 cm³/mol. The first-order chi connectivity index (χ1) is 9.28. The average molecular weight is 274 g/mol. The van der Waals surface area contributed by atoms with Crippen molar-refractivity contribution in [3.8, 4) is 11.4 Å². The van der Waals surface area contributed by atoms with Crippen LogP contribution in [0, 0.1) is 0 Å². The standard InChI is InChI=1S/C14H12ClN3O/c15-10-6-4-9(5-7-10)14-16-8-11-12(17-14)2-1-3-13(11)18-19/h4-8,19H,1-3H2. The molecule has 1 N–H and O–H groups in total. The van der Waals surface area contributed by atoms with Gasteiger partial charge in [0.05, 0.1) is 11.4 Å². The molecule has 3 rings (SSSR count). The highest BCUT2D eigenvalue weighted by molar-refractivity contribution is 6.30. The molecule has 0 bridgehead atoms. The lowest BCUT2D eigenvalue weighted by atomic mass is 9.95. The van der Waals surface area contributed by atoms with E-state index in [1.165, 1.54) is 0 Å². The lowest BCUT2D eigenvalue weighted by molar-refractivity contribution is 0.317. The Hall–Kier alpha value is -1.94. The van der Waals surface area contributed by atoms with Crippen LogP contribution in [0.5, 0.6) is 0 Å². The smallest absolute Gasteiger partial charge is 0.159 e. The Balaban J connectivity index is 2.04. The number of oxime groups is 1. The minimum Gasteiger partial charge on any atom is -0.411 e. The maximum absolute atomic E-state index is 8.97. The van der Waals surface area contributed by atoms with Gasteiger partial charge in [0.15, 0.2) is 5.82 Å². The molecule has 0 atom stereocenters. The molecule has 0 saturated heterocycles. The molecule has 1 heterocycles. The lowest BCUT2D eigenvalue weighted by Crippen LogP contribution is -2.14. The molecule has 1 aliphatic rings. The third-order valence-electron chi connectivity index (χ3n) is 3.23. The summed E-state index contributed by atoms with van der Waals surface area (Å²) in [5, 5.41) is 13.0. The number of aryl methyl sites for hydroxylation is 1. The fourth-order valence-corrected chi connectivity index (χ4v) is 2.37. The van der Waals surface area contributed by atoms with Gasteiger partial charge in [-0.3, -0.25) is 0 Å². The van der Waals surface area contributed by atoms with Crippen LogP contribution >= 0.6 is 11.6 Å². The summed E-state index contributed by atoms with van der Waals surface area (Å²) < 4.78 is 0. The van der Waals surface area contributed by atoms with E-state index in [0.29, 0.717) is 16.6 Å². The Morgan fingerprint density at radius 3 is 2.68 bits per heavy atom. The summed E-state index contributed by atoms with van der Waals surface area (Å²) >= 11 is 5.87. The molecule has 0 unspecified atom stereocenters. The highest BCUT2D eigenvalue weighted by Crippen LogP contribution is 2.23. The van der Waals surface area contributed by atoms with Crippen LogP contribution < -0.4 is 0 Å². The van der Waals surface area contributed by atoms with Crippen molar-refractivity contribution in [2.75, 3.05) is 0 Å². The van der Waals surface area contributed by atoms with E-state index >= 15 is 0 Å². The molecule has 0 fully saturated rings. The number of halogens is 1. The molecule has 1 aliphatic carbocycles. The molecule has 4 nitrogen and oxygen atoms in total. The molecule has 0 saturated carbocycles. The zero-order chi connectivity index (χ0) is 13.2. The van der Waals surface area contributed by atoms with E-state index in [9.17, 15) is 0 Å². The monoisotopic (exact) mass is 273 g/mol. The molecule has 5 heteroatoms. The Labute approximate surface area is 115 Å². The van der Waals surface area contributed by atoms with Crippen LogP contribution in [0.3, 0.4) is 0 Å². The van der Waals surface area contributed by atoms with E-state index < -0.39 is 0 Å². The van der Waals surface area contributed by atoms with Crippen LogP contribution in [0.1, 0.15) is 24.1 Å². The highest BCUT2D eigenvalue weighted by Gasteiger charge is 2.18. The van der Waals surface area contributed by atoms with Gasteiger partial charge in [-0.25, -0.2) is 9.97 Å². The summed E-state index contributed by atoms with van der Waals surface area (Å²) in [6, 6.07) is 7.43. The van der Waals surface area contributed by atoms with Crippen LogP contribution in [-0.4, -0.2) is 20.9 Å². The molecule has 0 aliphatic heterocycles. The number of hydrogen-bond acceptors (Lipinski definition) is 4. The molecular formula is C14H12ClN3O. The summed E-state index contributed by atoms with van der Waals surface area (Å²) in [7, 11) is 0. The van der Waals surface area contributed by atoms with Gasteiger partial charge in [-0.2, -0.15) is 0 Å². The van der Waals surface area contributed by atoms with Gasteiger partial charge < -0.3 is 5.21 Å². The Kier molecular flexibility index (Phi) is 3.17. The average Bonchev–Trinajstić information content (AvgIpc) is 2.47. The lowest BCUT2D eigenvalue weighted by Gasteiger charge is -2.15. The number of nitrogens with zero attached hydrogens (tertiary/aromatic N) is 3. The van der Waals surface area contributed by atoms with Gasteiger partial charge in [-0.05, 0) is 43.5 Å². The first-order valence-electron chi connectivity index (χ1n) is 6.11. The van der Waals surface area contributed by atoms with Gasteiger partial charge >= 0.3 is 0 Å². The normalized spacial score (nSPS) is 16.4. The Bertz CT molecular complexity index is 638. The third-order valence-corrected chi connectivity index (χ3v) is 3.48. The van der Waals surface area contributed by atoms with Crippen LogP contribution in [0.25, 0.3) is 11.4 Å². The van der Waals surface area contributed by atoms with Crippen molar-refractivity contribution in [3.63, 3.8) is 0 Å². The first-order valence-corrected chi connectivity index (χ1v) is 6.49. The number of rotatable bonds is 1. The number of fused-ring (bicyclic) bond motifs is 1. The van der Waals surface area contributed by atoms with Gasteiger partial charge in [0.2, 0.25) is 0 Å². The zero-order valence-electron chi connectivity index (χ0n) is 10.2. The van der Waals surface area contributed by atoms with Gasteiger partial charge in [-0.1, -0.05) is 16.8 Å². The predicted octanol–water partition coefficient (Wildman–Crippen LogP) is 3.31. The third kappa shape index (κ3) is 2.31. The summed E-state index contributed by atoms with van der Waals surface area (Å²) in [4.78, 5) is 8.91. The number of hydrogen-bond donors (Lipinski definition) is 1. The van der Waals surface area contributed by atoms with Crippen LogP contribution in [0.15, 0.2) is 35.6 Å². The maximum atomic E-state index is 8.97. The van der Waals surface area contributed by atoms with Crippen molar-refractivity contribution in [2.24, 2.45) is 5.16 Å². The van der Waals surface area contributed by atoms with Crippen molar-refractivity contribution in [1.29, 1.82) is 0 Å². The molecule has 2 aromatic rings. The minimum absolute atomic E-state index is 0.670. The fraction of sp³-hybridized carbons (Fsp3) is 0.214. The Morgan fingerprint density at radius 1 is 1.16 bits per heavy atom. The van der Waals surface area contributed by atoms with Crippen LogP contribution in [0.2, 0.25) is 5.02 Å². The first kappa shape index (κ1) is 12.1. The molecule has 0 spiro atoms. The second-order valence-electron chi connectivity index (χ2n) is 4.46. The second kappa shape index (κ2) is 4.97. The molecule has 1 aromatic heterocycles. The molecule has 0 radical (unpaired) electrons. The molecular weight excluding hydrogens is 262 g/mol. The quantitative estimate of drug-likeness (QED) is 0.640. The van der Waals surface area contributed by atoms with E-state index in [0.717, 1.165) is 36.1 Å². The topological polar surface area (TPSA) is 58.4 Å². The van der Waals surface area contributed by atoms with Crippen LogP contribution in [-0.2, 0) is 6.42 Å². The Morgan fingerprint density at radius 2 is 1.95 bits per heavy atom. The summed E-state index contributed by atoms with van der Waals surface area (Å²) in [5.41, 5.74) is 3.40. The summed E-state index contributed by atoms with van der Waals surface area (Å²) in [5.74, 6) is 0.676. The SMILES string of the molecule is ON=C1CCCc2nc(-c3ccc(Cl)cc3)ncc21. The van der Waals surface area contributed by atoms with Crippen molar-refractivity contribution in [1.82, 2.24) is 9.97 Å². The highest BCUT2D eigenvalue weighted by atomic mass is 35.5. The van der Waals surface area contributed by atoms with E-state index in [-0.39, 0.29) is 0 Å². The summed E-state index contributed by atoms with van der Waals surface area (Å²) in [6.45, 7) is 0. The van der Waals surface area contributed by atoms with Crippen molar-refractivity contribution in [3.05, 3.63) is 46.7 Å². The van der Waals surface area contributed by atoms with Gasteiger partial charge in [-0.15, -0.1) is 0 Å². The fourth-order valence-electron chi connectivity index (χ4n) is 2.25. The van der Waals surface area contributed by atoms with Crippen molar-refractivity contribution >= 4 is 17.3 Å². The second-order valence-corrected chi connectivity index (χ2v) is 4.90. The molecule has 0 amide bonds. The minimum atomic E-state index is 0.670. The van der Waals surface area contributed by atoms with Crippen LogP contribution in [0.4, 0.5) is 0 Å². The molecule has 19 heavy (non-hydrogen) atoms. The van der Waals surface area contributed by atoms with Gasteiger partial charge in [0.1, 0.15) is 0 Å². The number of benzene rings is 1. The largest absolute Gasteiger partial charge is 0.411 e. The molecule has 96 valence electrons. The maximum Gasteiger partial charge on any atom is 0.159 e. The molecule has 1 aromatic carbocycles. The van der Waals surface area contributed by atoms with Crippen molar-refractivity contribution in [2.45, 2.75) is 19.3 Å². The summed E-state index contributed by atoms with van der Waals surface area (Å²) in [6.07, 6.45) is 4.34. The van der Waals surface area contributed by atoms with E-state index in [2.05, 4.69) is 15.1 Å². The number of aromatic nitrogens is 2. The van der Waals surface area contributed by atoms with E-state index in [1.54, 1.807) is 6.20 Å². The van der Waals surface area contributed by atoms with Crippen molar-refractivity contribution < 1.29 is 5.21 Å². The van der Waals surface area contributed by atoms with E-state index in [4.69, 9.17) is 16.8 Å². The van der Waals surface area contributed by atoms with Gasteiger partial charge in [0.25, 0.3) is 0 Å². The van der Waals surface area contributed by atoms with Gasteiger partial charge in [0, 0.05) is 22.3 Å². The van der Waals surface area contributed by atoms with E-state index in [1.807, 2.05) is 24.3 Å².